The first kappa shape index (κ1) is 14.7. The second kappa shape index (κ2) is 6.18. The van der Waals surface area contributed by atoms with Crippen molar-refractivity contribution >= 4 is 21.8 Å². The van der Waals surface area contributed by atoms with Gasteiger partial charge in [-0.05, 0) is 52.2 Å². The highest BCUT2D eigenvalue weighted by Gasteiger charge is 2.14. The van der Waals surface area contributed by atoms with Crippen LogP contribution in [0.5, 0.6) is 0 Å². The Labute approximate surface area is 126 Å². The van der Waals surface area contributed by atoms with Crippen LogP contribution >= 0.6 is 15.9 Å². The molecule has 2 aromatic rings. The van der Waals surface area contributed by atoms with Gasteiger partial charge in [-0.1, -0.05) is 24.3 Å². The van der Waals surface area contributed by atoms with Crippen LogP contribution in [0.25, 0.3) is 0 Å². The molecule has 0 atom stereocenters. The molecule has 0 aliphatic carbocycles. The second-order valence-electron chi connectivity index (χ2n) is 4.72. The Hall–Kier alpha value is -1.68. The first-order valence-corrected chi connectivity index (χ1v) is 7.03. The van der Waals surface area contributed by atoms with Crippen molar-refractivity contribution in [2.24, 2.45) is 0 Å². The van der Waals surface area contributed by atoms with Crippen molar-refractivity contribution in [1.29, 1.82) is 0 Å². The lowest BCUT2D eigenvalue weighted by molar-refractivity contribution is 0.0784. The minimum atomic E-state index is -0.430. The smallest absolute Gasteiger partial charge is 0.253 e. The first-order valence-electron chi connectivity index (χ1n) is 6.24. The van der Waals surface area contributed by atoms with Crippen LogP contribution in [0.1, 0.15) is 21.5 Å². The number of nitrogens with zero attached hydrogens (tertiary/aromatic N) is 1. The number of carbonyl (C=O) groups excluding carboxylic acids is 1. The fraction of sp³-hybridized carbons (Fsp3) is 0.188. The first-order chi connectivity index (χ1) is 9.49. The molecule has 0 bridgehead atoms. The Morgan fingerprint density at radius 3 is 2.60 bits per heavy atom. The van der Waals surface area contributed by atoms with Crippen LogP contribution in [0.3, 0.4) is 0 Å². The number of carbonyl (C=O) groups is 1. The molecule has 0 aliphatic heterocycles. The van der Waals surface area contributed by atoms with Crippen molar-refractivity contribution in [3.63, 3.8) is 0 Å². The second-order valence-corrected chi connectivity index (χ2v) is 5.57. The normalized spacial score (nSPS) is 10.4. The molecule has 0 N–H and O–H groups in total. The predicted octanol–water partition coefficient (Wildman–Crippen LogP) is 4.17. The Morgan fingerprint density at radius 2 is 1.95 bits per heavy atom. The quantitative estimate of drug-likeness (QED) is 0.824. The van der Waals surface area contributed by atoms with Gasteiger partial charge in [-0.15, -0.1) is 0 Å². The zero-order valence-corrected chi connectivity index (χ0v) is 12.9. The van der Waals surface area contributed by atoms with Crippen LogP contribution in [0.4, 0.5) is 4.39 Å². The lowest BCUT2D eigenvalue weighted by Gasteiger charge is -2.18. The summed E-state index contributed by atoms with van der Waals surface area (Å²) in [5, 5.41) is 0. The number of benzene rings is 2. The maximum absolute atomic E-state index is 13.5. The molecule has 0 saturated carbocycles. The van der Waals surface area contributed by atoms with Crippen LogP contribution in [-0.4, -0.2) is 17.9 Å². The van der Waals surface area contributed by atoms with Gasteiger partial charge in [0.1, 0.15) is 5.82 Å². The summed E-state index contributed by atoms with van der Waals surface area (Å²) in [7, 11) is 1.72. The molecule has 0 aromatic heterocycles. The summed E-state index contributed by atoms with van der Waals surface area (Å²) in [6.45, 7) is 2.51. The molecule has 1 amide bonds. The van der Waals surface area contributed by atoms with Crippen molar-refractivity contribution in [1.82, 2.24) is 4.90 Å². The van der Waals surface area contributed by atoms with Crippen molar-refractivity contribution in [3.8, 4) is 0 Å². The van der Waals surface area contributed by atoms with Crippen LogP contribution in [0.15, 0.2) is 46.9 Å². The van der Waals surface area contributed by atoms with E-state index >= 15 is 0 Å². The van der Waals surface area contributed by atoms with Gasteiger partial charge < -0.3 is 4.90 Å². The van der Waals surface area contributed by atoms with Gasteiger partial charge >= 0.3 is 0 Å². The SMILES string of the molecule is Cc1ccccc1CN(C)C(=O)c1ccc(Br)c(F)c1. The van der Waals surface area contributed by atoms with Gasteiger partial charge in [0.05, 0.1) is 4.47 Å². The lowest BCUT2D eigenvalue weighted by Crippen LogP contribution is -2.26. The van der Waals surface area contributed by atoms with E-state index in [-0.39, 0.29) is 5.91 Å². The number of amides is 1. The molecule has 104 valence electrons. The number of hydrogen-bond acceptors (Lipinski definition) is 1. The molecule has 2 aromatic carbocycles. The highest BCUT2D eigenvalue weighted by molar-refractivity contribution is 9.10. The number of hydrogen-bond donors (Lipinski definition) is 0. The Bertz CT molecular complexity index is 642. The topological polar surface area (TPSA) is 20.3 Å². The summed E-state index contributed by atoms with van der Waals surface area (Å²) in [6, 6.07) is 12.3. The summed E-state index contributed by atoms with van der Waals surface area (Å²) in [4.78, 5) is 13.9. The largest absolute Gasteiger partial charge is 0.337 e. The van der Waals surface area contributed by atoms with Gasteiger partial charge in [0.15, 0.2) is 0 Å². The molecule has 0 aliphatic rings. The monoisotopic (exact) mass is 335 g/mol. The Morgan fingerprint density at radius 1 is 1.25 bits per heavy atom. The van der Waals surface area contributed by atoms with Gasteiger partial charge in [0, 0.05) is 19.2 Å². The maximum Gasteiger partial charge on any atom is 0.253 e. The van der Waals surface area contributed by atoms with E-state index in [0.29, 0.717) is 16.6 Å². The number of halogens is 2. The van der Waals surface area contributed by atoms with Gasteiger partial charge in [0.2, 0.25) is 0 Å². The highest BCUT2D eigenvalue weighted by Crippen LogP contribution is 2.18. The van der Waals surface area contributed by atoms with Crippen molar-refractivity contribution < 1.29 is 9.18 Å². The fourth-order valence-corrected chi connectivity index (χ4v) is 2.21. The Balaban J connectivity index is 2.16. The third-order valence-electron chi connectivity index (χ3n) is 3.18. The molecule has 0 saturated heterocycles. The van der Waals surface area contributed by atoms with E-state index in [1.165, 1.54) is 6.07 Å². The van der Waals surface area contributed by atoms with E-state index in [0.717, 1.165) is 11.1 Å². The molecule has 4 heteroatoms. The van der Waals surface area contributed by atoms with Crippen LogP contribution < -0.4 is 0 Å². The zero-order chi connectivity index (χ0) is 14.7. The molecule has 0 unspecified atom stereocenters. The summed E-state index contributed by atoms with van der Waals surface area (Å²) < 4.78 is 13.8. The zero-order valence-electron chi connectivity index (χ0n) is 11.4. The molecular formula is C16H15BrFNO. The fourth-order valence-electron chi connectivity index (χ4n) is 1.96. The van der Waals surface area contributed by atoms with E-state index in [9.17, 15) is 9.18 Å². The molecule has 0 fully saturated rings. The summed E-state index contributed by atoms with van der Waals surface area (Å²) in [5.74, 6) is -0.625. The van der Waals surface area contributed by atoms with Gasteiger partial charge in [-0.25, -0.2) is 4.39 Å². The van der Waals surface area contributed by atoms with Crippen molar-refractivity contribution in [3.05, 3.63) is 69.4 Å². The van der Waals surface area contributed by atoms with Crippen LogP contribution in [0, 0.1) is 12.7 Å². The number of rotatable bonds is 3. The average Bonchev–Trinajstić information content (AvgIpc) is 2.43. The van der Waals surface area contributed by atoms with Gasteiger partial charge in [-0.2, -0.15) is 0 Å². The molecular weight excluding hydrogens is 321 g/mol. The maximum atomic E-state index is 13.5. The third kappa shape index (κ3) is 3.25. The molecule has 0 heterocycles. The van der Waals surface area contributed by atoms with Crippen LogP contribution in [0.2, 0.25) is 0 Å². The number of aryl methyl sites for hydroxylation is 1. The van der Waals surface area contributed by atoms with E-state index in [1.54, 1.807) is 24.1 Å². The molecule has 2 rings (SSSR count). The van der Waals surface area contributed by atoms with E-state index < -0.39 is 5.82 Å². The molecule has 0 spiro atoms. The standard InChI is InChI=1S/C16H15BrFNO/c1-11-5-3-4-6-13(11)10-19(2)16(20)12-7-8-14(17)15(18)9-12/h3-9H,10H2,1-2H3. The average molecular weight is 336 g/mol. The minimum absolute atomic E-state index is 0.195. The van der Waals surface area contributed by atoms with Crippen LogP contribution in [-0.2, 0) is 6.54 Å². The molecule has 0 radical (unpaired) electrons. The minimum Gasteiger partial charge on any atom is -0.337 e. The molecule has 2 nitrogen and oxygen atoms in total. The van der Waals surface area contributed by atoms with Crippen molar-refractivity contribution in [2.45, 2.75) is 13.5 Å². The van der Waals surface area contributed by atoms with Crippen molar-refractivity contribution in [2.75, 3.05) is 7.05 Å². The predicted molar refractivity (Wildman–Crippen MR) is 81.1 cm³/mol. The summed E-state index contributed by atoms with van der Waals surface area (Å²) >= 11 is 3.08. The van der Waals surface area contributed by atoms with E-state index in [1.807, 2.05) is 31.2 Å². The van der Waals surface area contributed by atoms with Gasteiger partial charge in [-0.3, -0.25) is 4.79 Å². The van der Waals surface area contributed by atoms with E-state index in [4.69, 9.17) is 0 Å². The van der Waals surface area contributed by atoms with E-state index in [2.05, 4.69) is 15.9 Å². The lowest BCUT2D eigenvalue weighted by atomic mass is 10.1. The highest BCUT2D eigenvalue weighted by atomic mass is 79.9. The molecule has 20 heavy (non-hydrogen) atoms. The third-order valence-corrected chi connectivity index (χ3v) is 3.83. The summed E-state index contributed by atoms with van der Waals surface area (Å²) in [6.07, 6.45) is 0. The Kier molecular flexibility index (Phi) is 4.55. The summed E-state index contributed by atoms with van der Waals surface area (Å²) in [5.41, 5.74) is 2.57. The van der Waals surface area contributed by atoms with Gasteiger partial charge in [0.25, 0.3) is 5.91 Å².